The van der Waals surface area contributed by atoms with Gasteiger partial charge in [-0.25, -0.2) is 8.42 Å². The molecule has 1 aliphatic heterocycles. The van der Waals surface area contributed by atoms with E-state index in [9.17, 15) is 8.42 Å². The molecule has 0 bridgehead atoms. The summed E-state index contributed by atoms with van der Waals surface area (Å²) in [6.45, 7) is 0.764. The summed E-state index contributed by atoms with van der Waals surface area (Å²) in [6, 6.07) is 7.85. The highest BCUT2D eigenvalue weighted by Gasteiger charge is 2.30. The second-order valence-electron chi connectivity index (χ2n) is 4.71. The summed E-state index contributed by atoms with van der Waals surface area (Å²) < 4.78 is 22.8. The van der Waals surface area contributed by atoms with Crippen LogP contribution in [0.1, 0.15) is 12.0 Å². The van der Waals surface area contributed by atoms with Gasteiger partial charge in [-0.1, -0.05) is 12.1 Å². The second-order valence-corrected chi connectivity index (χ2v) is 6.94. The van der Waals surface area contributed by atoms with Crippen LogP contribution in [0.15, 0.2) is 24.3 Å². The summed E-state index contributed by atoms with van der Waals surface area (Å²) in [7, 11) is -0.827. The molecule has 1 saturated heterocycles. The first-order valence-electron chi connectivity index (χ1n) is 5.71. The van der Waals surface area contributed by atoms with Crippen LogP contribution in [0.5, 0.6) is 0 Å². The van der Waals surface area contributed by atoms with E-state index in [0.717, 1.165) is 24.2 Å². The Labute approximate surface area is 102 Å². The molecule has 1 aliphatic rings. The summed E-state index contributed by atoms with van der Waals surface area (Å²) in [5.74, 6) is 0.613. The average molecular weight is 254 g/mol. The van der Waals surface area contributed by atoms with Crippen molar-refractivity contribution < 1.29 is 8.42 Å². The molecule has 5 heteroatoms. The van der Waals surface area contributed by atoms with Gasteiger partial charge in [0, 0.05) is 18.3 Å². The quantitative estimate of drug-likeness (QED) is 0.814. The summed E-state index contributed by atoms with van der Waals surface area (Å²) in [5.41, 5.74) is 7.53. The van der Waals surface area contributed by atoms with E-state index in [-0.39, 0.29) is 6.04 Å². The van der Waals surface area contributed by atoms with Gasteiger partial charge >= 0.3 is 0 Å². The number of rotatable bonds is 3. The standard InChI is InChI=1S/C12H18N2O2S/c1-14(12-6-7-17(15,16)9-12)8-10-2-4-11(13)5-3-10/h2-5,12H,6-9,13H2,1H3/t12-/m0/s1. The number of nitrogens with zero attached hydrogens (tertiary/aromatic N) is 1. The zero-order chi connectivity index (χ0) is 12.5. The third-order valence-electron chi connectivity index (χ3n) is 3.24. The molecule has 94 valence electrons. The minimum atomic E-state index is -2.80. The van der Waals surface area contributed by atoms with Crippen molar-refractivity contribution in [3.05, 3.63) is 29.8 Å². The van der Waals surface area contributed by atoms with Crippen LogP contribution in [-0.2, 0) is 16.4 Å². The summed E-state index contributed by atoms with van der Waals surface area (Å²) >= 11 is 0. The second kappa shape index (κ2) is 4.66. The zero-order valence-electron chi connectivity index (χ0n) is 9.96. The van der Waals surface area contributed by atoms with Crippen LogP contribution in [0.2, 0.25) is 0 Å². The molecule has 0 aromatic heterocycles. The molecule has 1 aromatic carbocycles. The SMILES string of the molecule is CN(Cc1ccc(N)cc1)[C@H]1CCS(=O)(=O)C1. The number of nitrogens with two attached hydrogens (primary N) is 1. The molecule has 0 spiro atoms. The van der Waals surface area contributed by atoms with E-state index < -0.39 is 9.84 Å². The predicted molar refractivity (Wildman–Crippen MR) is 69.4 cm³/mol. The third-order valence-corrected chi connectivity index (χ3v) is 4.99. The van der Waals surface area contributed by atoms with Gasteiger partial charge in [-0.05, 0) is 31.2 Å². The zero-order valence-corrected chi connectivity index (χ0v) is 10.8. The van der Waals surface area contributed by atoms with Gasteiger partial charge in [-0.15, -0.1) is 0 Å². The normalized spacial score (nSPS) is 23.1. The van der Waals surface area contributed by atoms with Gasteiger partial charge in [-0.3, -0.25) is 4.90 Å². The van der Waals surface area contributed by atoms with Crippen molar-refractivity contribution in [2.45, 2.75) is 19.0 Å². The fourth-order valence-corrected chi connectivity index (χ4v) is 3.97. The molecule has 1 atom stereocenters. The molecule has 1 aromatic rings. The number of sulfone groups is 1. The van der Waals surface area contributed by atoms with E-state index in [1.807, 2.05) is 31.3 Å². The van der Waals surface area contributed by atoms with Crippen LogP contribution >= 0.6 is 0 Å². The van der Waals surface area contributed by atoms with E-state index in [0.29, 0.717) is 11.5 Å². The first kappa shape index (κ1) is 12.4. The smallest absolute Gasteiger partial charge is 0.151 e. The van der Waals surface area contributed by atoms with E-state index >= 15 is 0 Å². The Morgan fingerprint density at radius 1 is 1.35 bits per heavy atom. The maximum Gasteiger partial charge on any atom is 0.151 e. The largest absolute Gasteiger partial charge is 0.399 e. The molecule has 4 nitrogen and oxygen atoms in total. The monoisotopic (exact) mass is 254 g/mol. The molecule has 2 rings (SSSR count). The van der Waals surface area contributed by atoms with Crippen molar-refractivity contribution in [2.75, 3.05) is 24.3 Å². The van der Waals surface area contributed by atoms with Gasteiger partial charge in [-0.2, -0.15) is 0 Å². The molecule has 0 saturated carbocycles. The lowest BCUT2D eigenvalue weighted by Gasteiger charge is -2.23. The number of benzene rings is 1. The lowest BCUT2D eigenvalue weighted by atomic mass is 10.1. The molecule has 17 heavy (non-hydrogen) atoms. The van der Waals surface area contributed by atoms with Crippen molar-refractivity contribution in [3.63, 3.8) is 0 Å². The summed E-state index contributed by atoms with van der Waals surface area (Å²) in [6.07, 6.45) is 0.744. The highest BCUT2D eigenvalue weighted by Crippen LogP contribution is 2.18. The Morgan fingerprint density at radius 3 is 2.53 bits per heavy atom. The highest BCUT2D eigenvalue weighted by atomic mass is 32.2. The number of anilines is 1. The van der Waals surface area contributed by atoms with Crippen LogP contribution in [-0.4, -0.2) is 37.9 Å². The Kier molecular flexibility index (Phi) is 3.40. The van der Waals surface area contributed by atoms with Crippen LogP contribution in [0, 0.1) is 0 Å². The topological polar surface area (TPSA) is 63.4 Å². The maximum absolute atomic E-state index is 11.4. The van der Waals surface area contributed by atoms with Crippen LogP contribution in [0.4, 0.5) is 5.69 Å². The van der Waals surface area contributed by atoms with Gasteiger partial charge in [0.15, 0.2) is 9.84 Å². The van der Waals surface area contributed by atoms with Crippen LogP contribution in [0.25, 0.3) is 0 Å². The molecule has 0 aliphatic carbocycles. The highest BCUT2D eigenvalue weighted by molar-refractivity contribution is 7.91. The predicted octanol–water partition coefficient (Wildman–Crippen LogP) is 0.888. The average Bonchev–Trinajstić information content (AvgIpc) is 2.62. The van der Waals surface area contributed by atoms with Crippen molar-refractivity contribution in [2.24, 2.45) is 0 Å². The third kappa shape index (κ3) is 3.20. The van der Waals surface area contributed by atoms with Gasteiger partial charge in [0.1, 0.15) is 0 Å². The van der Waals surface area contributed by atoms with Gasteiger partial charge < -0.3 is 5.73 Å². The lowest BCUT2D eigenvalue weighted by molar-refractivity contribution is 0.254. The minimum Gasteiger partial charge on any atom is -0.399 e. The fourth-order valence-electron chi connectivity index (χ4n) is 2.16. The first-order valence-corrected chi connectivity index (χ1v) is 7.53. The molecule has 0 amide bonds. The van der Waals surface area contributed by atoms with Crippen molar-refractivity contribution >= 4 is 15.5 Å². The molecule has 1 fully saturated rings. The number of hydrogen-bond acceptors (Lipinski definition) is 4. The van der Waals surface area contributed by atoms with E-state index in [2.05, 4.69) is 4.90 Å². The van der Waals surface area contributed by atoms with E-state index in [1.165, 1.54) is 0 Å². The van der Waals surface area contributed by atoms with Gasteiger partial charge in [0.2, 0.25) is 0 Å². The van der Waals surface area contributed by atoms with Crippen molar-refractivity contribution in [3.8, 4) is 0 Å². The van der Waals surface area contributed by atoms with Crippen molar-refractivity contribution in [1.82, 2.24) is 4.90 Å². The van der Waals surface area contributed by atoms with Crippen LogP contribution < -0.4 is 5.73 Å². The maximum atomic E-state index is 11.4. The van der Waals surface area contributed by atoms with E-state index in [1.54, 1.807) is 0 Å². The fraction of sp³-hybridized carbons (Fsp3) is 0.500. The first-order chi connectivity index (χ1) is 7.96. The Hall–Kier alpha value is -1.07. The van der Waals surface area contributed by atoms with E-state index in [4.69, 9.17) is 5.73 Å². The Morgan fingerprint density at radius 2 is 2.00 bits per heavy atom. The number of nitrogen functional groups attached to an aromatic ring is 1. The summed E-state index contributed by atoms with van der Waals surface area (Å²) in [5, 5.41) is 0. The molecule has 2 N–H and O–H groups in total. The van der Waals surface area contributed by atoms with Crippen LogP contribution in [0.3, 0.4) is 0 Å². The Balaban J connectivity index is 1.98. The number of hydrogen-bond donors (Lipinski definition) is 1. The molecular weight excluding hydrogens is 236 g/mol. The molecular formula is C12H18N2O2S. The summed E-state index contributed by atoms with van der Waals surface area (Å²) in [4.78, 5) is 2.11. The van der Waals surface area contributed by atoms with Gasteiger partial charge in [0.05, 0.1) is 11.5 Å². The minimum absolute atomic E-state index is 0.151. The molecule has 0 radical (unpaired) electrons. The van der Waals surface area contributed by atoms with Crippen molar-refractivity contribution in [1.29, 1.82) is 0 Å². The molecule has 0 unspecified atom stereocenters. The van der Waals surface area contributed by atoms with Gasteiger partial charge in [0.25, 0.3) is 0 Å². The Bertz CT molecular complexity index is 482. The molecule has 1 heterocycles. The lowest BCUT2D eigenvalue weighted by Crippen LogP contribution is -2.32.